The summed E-state index contributed by atoms with van der Waals surface area (Å²) in [6, 6.07) is 15.5. The Kier molecular flexibility index (Phi) is 5.90. The predicted octanol–water partition coefficient (Wildman–Crippen LogP) is 4.51. The van der Waals surface area contributed by atoms with Crippen molar-refractivity contribution in [2.75, 3.05) is 11.1 Å². The smallest absolute Gasteiger partial charge is 0.265 e. The van der Waals surface area contributed by atoms with E-state index >= 15 is 0 Å². The number of carbonyl (C=O) groups is 1. The first-order valence-corrected chi connectivity index (χ1v) is 8.35. The number of aryl methyl sites for hydroxylation is 1. The number of anilines is 1. The van der Waals surface area contributed by atoms with Gasteiger partial charge in [-0.15, -0.1) is 11.8 Å². The number of ether oxygens (including phenoxy) is 1. The number of rotatable bonds is 6. The van der Waals surface area contributed by atoms with Crippen molar-refractivity contribution in [2.24, 2.45) is 0 Å². The number of hydrogen-bond donors (Lipinski definition) is 1. The van der Waals surface area contributed by atoms with E-state index in [-0.39, 0.29) is 5.91 Å². The Balaban J connectivity index is 2.04. The van der Waals surface area contributed by atoms with Crippen LogP contribution in [0, 0.1) is 6.92 Å². The average Bonchev–Trinajstić information content (AvgIpc) is 2.51. The van der Waals surface area contributed by atoms with Gasteiger partial charge in [0.05, 0.1) is 5.69 Å². The van der Waals surface area contributed by atoms with Crippen molar-refractivity contribution in [1.29, 1.82) is 0 Å². The maximum absolute atomic E-state index is 12.3. The fraction of sp³-hybridized carbons (Fsp3) is 0.278. The lowest BCUT2D eigenvalue weighted by atomic mass is 10.2. The van der Waals surface area contributed by atoms with Crippen molar-refractivity contribution < 1.29 is 9.53 Å². The molecule has 2 aromatic carbocycles. The van der Waals surface area contributed by atoms with Gasteiger partial charge in [-0.3, -0.25) is 4.79 Å². The average molecular weight is 315 g/mol. The molecule has 0 aliphatic rings. The highest BCUT2D eigenvalue weighted by atomic mass is 32.2. The van der Waals surface area contributed by atoms with Gasteiger partial charge in [0.15, 0.2) is 6.10 Å². The number of nitrogens with one attached hydrogen (secondary N) is 1. The monoisotopic (exact) mass is 315 g/mol. The van der Waals surface area contributed by atoms with E-state index in [2.05, 4.69) is 12.2 Å². The Labute approximate surface area is 136 Å². The summed E-state index contributed by atoms with van der Waals surface area (Å²) in [6.07, 6.45) is -0.555. The molecule has 22 heavy (non-hydrogen) atoms. The molecule has 0 heterocycles. The molecular formula is C18H21NO2S. The number of amides is 1. The van der Waals surface area contributed by atoms with E-state index in [1.54, 1.807) is 18.7 Å². The van der Waals surface area contributed by atoms with Crippen molar-refractivity contribution in [1.82, 2.24) is 0 Å². The van der Waals surface area contributed by atoms with Gasteiger partial charge in [-0.1, -0.05) is 37.3 Å². The molecule has 1 N–H and O–H groups in total. The number of carbonyl (C=O) groups excluding carboxylic acids is 1. The third-order valence-electron chi connectivity index (χ3n) is 3.21. The van der Waals surface area contributed by atoms with Crippen molar-refractivity contribution in [3.05, 3.63) is 54.1 Å². The third kappa shape index (κ3) is 4.28. The summed E-state index contributed by atoms with van der Waals surface area (Å²) in [5.41, 5.74) is 1.85. The molecule has 1 atom stereocenters. The second-order valence-electron chi connectivity index (χ2n) is 4.94. The summed E-state index contributed by atoms with van der Waals surface area (Å²) >= 11 is 1.71. The molecule has 2 aromatic rings. The first kappa shape index (κ1) is 16.4. The van der Waals surface area contributed by atoms with E-state index in [0.717, 1.165) is 27.6 Å². The van der Waals surface area contributed by atoms with Crippen molar-refractivity contribution >= 4 is 23.4 Å². The lowest BCUT2D eigenvalue weighted by molar-refractivity contribution is -0.122. The third-order valence-corrected chi connectivity index (χ3v) is 4.17. The molecule has 0 spiro atoms. The van der Waals surface area contributed by atoms with Gasteiger partial charge in [0.1, 0.15) is 5.75 Å². The van der Waals surface area contributed by atoms with Crippen LogP contribution < -0.4 is 10.1 Å². The largest absolute Gasteiger partial charge is 0.481 e. The Morgan fingerprint density at radius 2 is 1.86 bits per heavy atom. The second kappa shape index (κ2) is 7.90. The van der Waals surface area contributed by atoms with Crippen molar-refractivity contribution in [3.8, 4) is 5.75 Å². The van der Waals surface area contributed by atoms with Gasteiger partial charge in [0.2, 0.25) is 0 Å². The SMILES string of the molecule is CCSc1ccccc1NC(=O)[C@H](C)Oc1ccccc1C. The quantitative estimate of drug-likeness (QED) is 0.797. The predicted molar refractivity (Wildman–Crippen MR) is 92.7 cm³/mol. The van der Waals surface area contributed by atoms with E-state index in [1.165, 1.54) is 0 Å². The number of para-hydroxylation sites is 2. The molecular weight excluding hydrogens is 294 g/mol. The van der Waals surface area contributed by atoms with Crippen LogP contribution in [0.1, 0.15) is 19.4 Å². The minimum atomic E-state index is -0.555. The molecule has 0 aliphatic carbocycles. The number of benzene rings is 2. The first-order valence-electron chi connectivity index (χ1n) is 7.36. The fourth-order valence-corrected chi connectivity index (χ4v) is 2.78. The van der Waals surface area contributed by atoms with Crippen LogP contribution in [0.2, 0.25) is 0 Å². The van der Waals surface area contributed by atoms with Crippen LogP contribution in [0.15, 0.2) is 53.4 Å². The highest BCUT2D eigenvalue weighted by molar-refractivity contribution is 7.99. The van der Waals surface area contributed by atoms with Crippen LogP contribution >= 0.6 is 11.8 Å². The molecule has 0 bridgehead atoms. The maximum Gasteiger partial charge on any atom is 0.265 e. The van der Waals surface area contributed by atoms with Crippen LogP contribution in [-0.2, 0) is 4.79 Å². The molecule has 0 radical (unpaired) electrons. The molecule has 0 saturated heterocycles. The molecule has 0 fully saturated rings. The van der Waals surface area contributed by atoms with E-state index in [1.807, 2.05) is 55.5 Å². The summed E-state index contributed by atoms with van der Waals surface area (Å²) in [5.74, 6) is 1.55. The summed E-state index contributed by atoms with van der Waals surface area (Å²) < 4.78 is 5.76. The number of hydrogen-bond acceptors (Lipinski definition) is 3. The zero-order chi connectivity index (χ0) is 15.9. The van der Waals surface area contributed by atoms with E-state index in [9.17, 15) is 4.79 Å². The van der Waals surface area contributed by atoms with E-state index < -0.39 is 6.10 Å². The molecule has 0 aliphatic heterocycles. The summed E-state index contributed by atoms with van der Waals surface area (Å²) in [5, 5.41) is 2.95. The van der Waals surface area contributed by atoms with Crippen LogP contribution in [-0.4, -0.2) is 17.8 Å². The molecule has 0 unspecified atom stereocenters. The van der Waals surface area contributed by atoms with E-state index in [4.69, 9.17) is 4.74 Å². The maximum atomic E-state index is 12.3. The molecule has 1 amide bonds. The van der Waals surface area contributed by atoms with Gasteiger partial charge >= 0.3 is 0 Å². The van der Waals surface area contributed by atoms with Gasteiger partial charge in [-0.05, 0) is 43.4 Å². The Hall–Kier alpha value is -1.94. The minimum absolute atomic E-state index is 0.146. The van der Waals surface area contributed by atoms with Gasteiger partial charge in [-0.25, -0.2) is 0 Å². The molecule has 0 saturated carbocycles. The topological polar surface area (TPSA) is 38.3 Å². The van der Waals surface area contributed by atoms with Gasteiger partial charge in [0.25, 0.3) is 5.91 Å². The standard InChI is InChI=1S/C18H21NO2S/c1-4-22-17-12-8-6-10-15(17)19-18(20)14(3)21-16-11-7-5-9-13(16)2/h5-12,14H,4H2,1-3H3,(H,19,20)/t14-/m0/s1. The van der Waals surface area contributed by atoms with E-state index in [0.29, 0.717) is 0 Å². The Morgan fingerprint density at radius 3 is 2.59 bits per heavy atom. The zero-order valence-corrected chi connectivity index (χ0v) is 13.9. The normalized spacial score (nSPS) is 11.8. The molecule has 2 rings (SSSR count). The van der Waals surface area contributed by atoms with Crippen LogP contribution in [0.25, 0.3) is 0 Å². The Bertz CT molecular complexity index is 642. The molecule has 116 valence electrons. The number of thioether (sulfide) groups is 1. The fourth-order valence-electron chi connectivity index (χ4n) is 2.02. The lowest BCUT2D eigenvalue weighted by Gasteiger charge is -2.17. The highest BCUT2D eigenvalue weighted by Crippen LogP contribution is 2.27. The highest BCUT2D eigenvalue weighted by Gasteiger charge is 2.16. The lowest BCUT2D eigenvalue weighted by Crippen LogP contribution is -2.30. The molecule has 0 aromatic heterocycles. The van der Waals surface area contributed by atoms with Crippen molar-refractivity contribution in [2.45, 2.75) is 31.8 Å². The summed E-state index contributed by atoms with van der Waals surface area (Å²) in [4.78, 5) is 13.4. The Morgan fingerprint density at radius 1 is 1.18 bits per heavy atom. The summed E-state index contributed by atoms with van der Waals surface area (Å²) in [7, 11) is 0. The first-order chi connectivity index (χ1) is 10.6. The summed E-state index contributed by atoms with van der Waals surface area (Å²) in [6.45, 7) is 5.82. The van der Waals surface area contributed by atoms with Gasteiger partial charge < -0.3 is 10.1 Å². The second-order valence-corrected chi connectivity index (χ2v) is 6.25. The minimum Gasteiger partial charge on any atom is -0.481 e. The molecule has 3 nitrogen and oxygen atoms in total. The van der Waals surface area contributed by atoms with Crippen LogP contribution in [0.5, 0.6) is 5.75 Å². The van der Waals surface area contributed by atoms with Crippen molar-refractivity contribution in [3.63, 3.8) is 0 Å². The molecule has 4 heteroatoms. The van der Waals surface area contributed by atoms with Gasteiger partial charge in [-0.2, -0.15) is 0 Å². The van der Waals surface area contributed by atoms with Crippen LogP contribution in [0.3, 0.4) is 0 Å². The van der Waals surface area contributed by atoms with Crippen LogP contribution in [0.4, 0.5) is 5.69 Å². The van der Waals surface area contributed by atoms with Gasteiger partial charge in [0, 0.05) is 4.90 Å². The zero-order valence-electron chi connectivity index (χ0n) is 13.1.